The van der Waals surface area contributed by atoms with Crippen LogP contribution in [0, 0.1) is 11.3 Å². The topological polar surface area (TPSA) is 49.7 Å². The third-order valence-corrected chi connectivity index (χ3v) is 8.23. The Kier molecular flexibility index (Phi) is 6.39. The average Bonchev–Trinajstić information content (AvgIpc) is 2.89. The minimum atomic E-state index is -1.23. The van der Waals surface area contributed by atoms with Gasteiger partial charge in [0, 0.05) is 5.41 Å². The Hall–Kier alpha value is -1.10. The lowest BCUT2D eigenvalue weighted by atomic mass is 9.59. The normalized spacial score (nSPS) is 32.7. The zero-order chi connectivity index (χ0) is 21.4. The van der Waals surface area contributed by atoms with Crippen LogP contribution < -0.4 is 4.43 Å². The summed E-state index contributed by atoms with van der Waals surface area (Å²) in [6, 6.07) is 6.77. The lowest BCUT2D eigenvalue weighted by molar-refractivity contribution is -0.0985. The molecule has 0 saturated heterocycles. The Morgan fingerprint density at radius 2 is 1.93 bits per heavy atom. The van der Waals surface area contributed by atoms with E-state index in [1.165, 1.54) is 11.1 Å². The first-order valence-corrected chi connectivity index (χ1v) is 14.1. The van der Waals surface area contributed by atoms with Crippen LogP contribution in [0.25, 0.3) is 0 Å². The molecule has 3 rings (SSSR count). The number of fused-ring (bicyclic) bond motifs is 1. The number of rotatable bonds is 5. The molecule has 162 valence electrons. The summed E-state index contributed by atoms with van der Waals surface area (Å²) in [4.78, 5) is 0. The fourth-order valence-electron chi connectivity index (χ4n) is 5.57. The maximum Gasteiger partial charge on any atom is 0.229 e. The van der Waals surface area contributed by atoms with Crippen molar-refractivity contribution in [1.82, 2.24) is 0 Å². The van der Waals surface area contributed by atoms with E-state index in [1.807, 2.05) is 6.08 Å². The molecule has 2 aliphatic carbocycles. The van der Waals surface area contributed by atoms with Gasteiger partial charge in [-0.1, -0.05) is 52.0 Å². The van der Waals surface area contributed by atoms with Gasteiger partial charge < -0.3 is 14.6 Å². The first kappa shape index (κ1) is 22.6. The molecule has 0 aromatic heterocycles. The lowest BCUT2D eigenvalue weighted by Crippen LogP contribution is -2.49. The molecule has 1 aromatic carbocycles. The van der Waals surface area contributed by atoms with E-state index in [-0.39, 0.29) is 17.4 Å². The van der Waals surface area contributed by atoms with Crippen LogP contribution in [0.4, 0.5) is 0 Å². The Balaban J connectivity index is 1.90. The van der Waals surface area contributed by atoms with Gasteiger partial charge in [-0.15, -0.1) is 0 Å². The fraction of sp³-hybridized carbons (Fsp3) is 0.680. The number of benzene rings is 1. The van der Waals surface area contributed by atoms with Crippen molar-refractivity contribution in [3.05, 3.63) is 41.5 Å². The fourth-order valence-corrected chi connectivity index (χ4v) is 6.29. The maximum absolute atomic E-state index is 11.7. The van der Waals surface area contributed by atoms with Crippen LogP contribution in [0.5, 0.6) is 5.75 Å². The van der Waals surface area contributed by atoms with Crippen LogP contribution in [0.15, 0.2) is 30.4 Å². The molecule has 4 atom stereocenters. The van der Waals surface area contributed by atoms with Gasteiger partial charge in [0.2, 0.25) is 9.04 Å². The summed E-state index contributed by atoms with van der Waals surface area (Å²) in [5.41, 5.74) is 1.93. The zero-order valence-corrected chi connectivity index (χ0v) is 20.3. The molecule has 2 aliphatic rings. The maximum atomic E-state index is 11.7. The summed E-state index contributed by atoms with van der Waals surface area (Å²) >= 11 is 0. The predicted octanol–water partition coefficient (Wildman–Crippen LogP) is 5.31. The largest absolute Gasteiger partial charge is 0.547 e. The standard InChI is InChI=1S/C25H40O3Si/c1-23(2,3)20-9-10-21(22(16-20)28-29(5)6)18-11-13-24(4)19(8-7-15-26)12-14-25(24,27)17-18/h7-10,16,18-19,26-27,29H,11-15,17H2,1-6H3/t18-,19-,24+,25-/m0/s1. The number of aliphatic hydroxyl groups excluding tert-OH is 1. The molecule has 4 heteroatoms. The van der Waals surface area contributed by atoms with E-state index in [2.05, 4.69) is 65.1 Å². The Labute approximate surface area is 178 Å². The van der Waals surface area contributed by atoms with Crippen molar-refractivity contribution in [3.63, 3.8) is 0 Å². The average molecular weight is 417 g/mol. The van der Waals surface area contributed by atoms with Gasteiger partial charge in [0.1, 0.15) is 5.75 Å². The molecule has 0 spiro atoms. The van der Waals surface area contributed by atoms with Crippen molar-refractivity contribution in [2.45, 2.75) is 89.8 Å². The summed E-state index contributed by atoms with van der Waals surface area (Å²) < 4.78 is 6.40. The number of hydrogen-bond acceptors (Lipinski definition) is 3. The molecule has 0 aliphatic heterocycles. The first-order valence-electron chi connectivity index (χ1n) is 11.3. The summed E-state index contributed by atoms with van der Waals surface area (Å²) in [5, 5.41) is 20.9. The molecule has 1 aromatic rings. The van der Waals surface area contributed by atoms with Gasteiger partial charge in [0.05, 0.1) is 12.2 Å². The van der Waals surface area contributed by atoms with Crippen LogP contribution in [0.1, 0.15) is 76.8 Å². The Morgan fingerprint density at radius 1 is 1.21 bits per heavy atom. The summed E-state index contributed by atoms with van der Waals surface area (Å²) in [5.74, 6) is 1.74. The molecule has 0 radical (unpaired) electrons. The van der Waals surface area contributed by atoms with Gasteiger partial charge in [-0.25, -0.2) is 0 Å². The van der Waals surface area contributed by atoms with E-state index in [4.69, 9.17) is 4.43 Å². The van der Waals surface area contributed by atoms with Crippen LogP contribution in [0.3, 0.4) is 0 Å². The van der Waals surface area contributed by atoms with E-state index in [9.17, 15) is 10.2 Å². The minimum absolute atomic E-state index is 0.0769. The van der Waals surface area contributed by atoms with Crippen LogP contribution in [-0.4, -0.2) is 31.5 Å². The first-order chi connectivity index (χ1) is 13.5. The third kappa shape index (κ3) is 4.35. The van der Waals surface area contributed by atoms with Gasteiger partial charge in [-0.3, -0.25) is 0 Å². The molecule has 0 unspecified atom stereocenters. The van der Waals surface area contributed by atoms with E-state index >= 15 is 0 Å². The van der Waals surface area contributed by atoms with E-state index in [0.29, 0.717) is 11.8 Å². The second kappa shape index (κ2) is 8.20. The minimum Gasteiger partial charge on any atom is -0.547 e. The van der Waals surface area contributed by atoms with Crippen molar-refractivity contribution in [2.24, 2.45) is 11.3 Å². The SMILES string of the molecule is C[SiH](C)Oc1cc(C(C)(C)C)ccc1[C@H]1CC[C@]2(C)[C@@H](C=CCO)CC[C@]2(O)C1. The van der Waals surface area contributed by atoms with Crippen molar-refractivity contribution in [3.8, 4) is 5.75 Å². The van der Waals surface area contributed by atoms with Gasteiger partial charge >= 0.3 is 0 Å². The molecule has 2 saturated carbocycles. The van der Waals surface area contributed by atoms with Crippen molar-refractivity contribution < 1.29 is 14.6 Å². The van der Waals surface area contributed by atoms with Gasteiger partial charge in [0.25, 0.3) is 0 Å². The van der Waals surface area contributed by atoms with Crippen molar-refractivity contribution in [2.75, 3.05) is 6.61 Å². The van der Waals surface area contributed by atoms with Crippen LogP contribution in [-0.2, 0) is 5.41 Å². The third-order valence-electron chi connectivity index (χ3n) is 7.50. The van der Waals surface area contributed by atoms with E-state index < -0.39 is 14.6 Å². The van der Waals surface area contributed by atoms with Gasteiger partial charge in [-0.05, 0) is 79.6 Å². The van der Waals surface area contributed by atoms with Gasteiger partial charge in [0.15, 0.2) is 0 Å². The summed E-state index contributed by atoms with van der Waals surface area (Å²) in [7, 11) is -1.23. The second-order valence-corrected chi connectivity index (χ2v) is 13.1. The summed E-state index contributed by atoms with van der Waals surface area (Å²) in [6.45, 7) is 13.5. The number of allylic oxidation sites excluding steroid dienone is 1. The molecule has 0 heterocycles. The zero-order valence-electron chi connectivity index (χ0n) is 19.2. The van der Waals surface area contributed by atoms with Crippen molar-refractivity contribution >= 4 is 9.04 Å². The highest BCUT2D eigenvalue weighted by Gasteiger charge is 2.58. The Morgan fingerprint density at radius 3 is 2.55 bits per heavy atom. The molecule has 2 N–H and O–H groups in total. The van der Waals surface area contributed by atoms with E-state index in [1.54, 1.807) is 0 Å². The van der Waals surface area contributed by atoms with Crippen molar-refractivity contribution in [1.29, 1.82) is 0 Å². The molecular formula is C25H40O3Si. The molecular weight excluding hydrogens is 376 g/mol. The highest BCUT2D eigenvalue weighted by molar-refractivity contribution is 6.49. The van der Waals surface area contributed by atoms with Crippen LogP contribution >= 0.6 is 0 Å². The molecule has 29 heavy (non-hydrogen) atoms. The monoisotopic (exact) mass is 416 g/mol. The van der Waals surface area contributed by atoms with E-state index in [0.717, 1.165) is 37.9 Å². The highest BCUT2D eigenvalue weighted by Crippen LogP contribution is 2.61. The summed E-state index contributed by atoms with van der Waals surface area (Å²) in [6.07, 6.45) is 8.71. The van der Waals surface area contributed by atoms with Crippen LogP contribution in [0.2, 0.25) is 13.1 Å². The number of aliphatic hydroxyl groups is 2. The molecule has 0 amide bonds. The second-order valence-electron chi connectivity index (χ2n) is 10.8. The number of hydrogen-bond donors (Lipinski definition) is 2. The smallest absolute Gasteiger partial charge is 0.229 e. The van der Waals surface area contributed by atoms with Gasteiger partial charge in [-0.2, -0.15) is 0 Å². The Bertz CT molecular complexity index is 751. The highest BCUT2D eigenvalue weighted by atomic mass is 28.3. The lowest BCUT2D eigenvalue weighted by Gasteiger charge is -2.49. The quantitative estimate of drug-likeness (QED) is 0.505. The predicted molar refractivity (Wildman–Crippen MR) is 123 cm³/mol. The molecule has 3 nitrogen and oxygen atoms in total. The molecule has 2 fully saturated rings. The molecule has 0 bridgehead atoms.